The molecule has 1 aromatic carbocycles. The topological polar surface area (TPSA) is 40.1 Å². The second-order valence-corrected chi connectivity index (χ2v) is 4.95. The molecule has 1 rings (SSSR count). The molecule has 0 bridgehead atoms. The van der Waals surface area contributed by atoms with E-state index >= 15 is 0 Å². The van der Waals surface area contributed by atoms with Crippen molar-refractivity contribution in [3.8, 4) is 0 Å². The zero-order chi connectivity index (χ0) is 10.1. The third kappa shape index (κ3) is 2.64. The first-order chi connectivity index (χ1) is 5.91. The monoisotopic (exact) mass is 197 g/mol. The first kappa shape index (κ1) is 10.4. The molecule has 13 heavy (non-hydrogen) atoms. The molecule has 0 fully saturated rings. The van der Waals surface area contributed by atoms with Crippen molar-refractivity contribution in [3.63, 3.8) is 0 Å². The van der Waals surface area contributed by atoms with Crippen LogP contribution in [0.5, 0.6) is 0 Å². The highest BCUT2D eigenvalue weighted by molar-refractivity contribution is 7.79. The van der Waals surface area contributed by atoms with Crippen molar-refractivity contribution in [2.75, 3.05) is 0 Å². The van der Waals surface area contributed by atoms with Crippen LogP contribution >= 0.6 is 0 Å². The van der Waals surface area contributed by atoms with E-state index in [9.17, 15) is 8.76 Å². The molecule has 0 radical (unpaired) electrons. The minimum Gasteiger partial charge on any atom is -0.768 e. The number of hydrogen-bond donors (Lipinski definition) is 0. The molecule has 1 unspecified atom stereocenters. The van der Waals surface area contributed by atoms with Crippen molar-refractivity contribution in [2.24, 2.45) is 0 Å². The molecule has 0 aliphatic heterocycles. The molecule has 0 heterocycles. The van der Waals surface area contributed by atoms with Crippen LogP contribution in [0, 0.1) is 0 Å². The summed E-state index contributed by atoms with van der Waals surface area (Å²) >= 11 is -2.11. The molecule has 3 heteroatoms. The van der Waals surface area contributed by atoms with Gasteiger partial charge in [0.15, 0.2) is 0 Å². The van der Waals surface area contributed by atoms with Crippen LogP contribution in [0.15, 0.2) is 29.2 Å². The zero-order valence-electron chi connectivity index (χ0n) is 8.03. The first-order valence-electron chi connectivity index (χ1n) is 4.11. The van der Waals surface area contributed by atoms with Crippen molar-refractivity contribution >= 4 is 11.1 Å². The Balaban J connectivity index is 3.01. The van der Waals surface area contributed by atoms with Gasteiger partial charge in [-0.1, -0.05) is 32.9 Å². The van der Waals surface area contributed by atoms with Gasteiger partial charge in [0.1, 0.15) is 0 Å². The maximum Gasteiger partial charge on any atom is 0.0248 e. The van der Waals surface area contributed by atoms with E-state index < -0.39 is 11.1 Å². The minimum absolute atomic E-state index is 0.0723. The van der Waals surface area contributed by atoms with Gasteiger partial charge in [-0.05, 0) is 34.2 Å². The maximum absolute atomic E-state index is 10.6. The molecular formula is C10H13O2S-. The largest absolute Gasteiger partial charge is 0.768 e. The Kier molecular flexibility index (Phi) is 2.88. The predicted molar refractivity (Wildman–Crippen MR) is 52.3 cm³/mol. The standard InChI is InChI=1S/C10H14O2S/c1-10(2,3)8-4-6-9(7-5-8)13(11)12/h4-7H,1-3H3,(H,11,12)/p-1. The Morgan fingerprint density at radius 1 is 1.15 bits per heavy atom. The molecule has 0 aromatic heterocycles. The van der Waals surface area contributed by atoms with Crippen molar-refractivity contribution < 1.29 is 8.76 Å². The van der Waals surface area contributed by atoms with Crippen molar-refractivity contribution in [3.05, 3.63) is 29.8 Å². The van der Waals surface area contributed by atoms with Crippen molar-refractivity contribution in [1.29, 1.82) is 0 Å². The number of rotatable bonds is 1. The van der Waals surface area contributed by atoms with Gasteiger partial charge in [0.2, 0.25) is 0 Å². The summed E-state index contributed by atoms with van der Waals surface area (Å²) in [5.41, 5.74) is 1.21. The van der Waals surface area contributed by atoms with Gasteiger partial charge in [-0.25, -0.2) is 0 Å². The third-order valence-corrected chi connectivity index (χ3v) is 2.57. The summed E-state index contributed by atoms with van der Waals surface area (Å²) in [5.74, 6) is 0. The molecule has 1 atom stereocenters. The fraction of sp³-hybridized carbons (Fsp3) is 0.400. The highest BCUT2D eigenvalue weighted by Crippen LogP contribution is 2.22. The Morgan fingerprint density at radius 2 is 1.62 bits per heavy atom. The van der Waals surface area contributed by atoms with Crippen LogP contribution in [0.3, 0.4) is 0 Å². The van der Waals surface area contributed by atoms with E-state index in [1.54, 1.807) is 12.1 Å². The molecule has 0 amide bonds. The number of hydrogen-bond acceptors (Lipinski definition) is 2. The Morgan fingerprint density at radius 3 is 1.92 bits per heavy atom. The Labute approximate surface area is 81.3 Å². The van der Waals surface area contributed by atoms with E-state index in [4.69, 9.17) is 0 Å². The van der Waals surface area contributed by atoms with E-state index in [-0.39, 0.29) is 5.41 Å². The Bertz CT molecular complexity index is 309. The Hall–Kier alpha value is -0.670. The average molecular weight is 197 g/mol. The van der Waals surface area contributed by atoms with Gasteiger partial charge in [0, 0.05) is 4.90 Å². The molecule has 2 nitrogen and oxygen atoms in total. The van der Waals surface area contributed by atoms with Gasteiger partial charge in [-0.2, -0.15) is 0 Å². The van der Waals surface area contributed by atoms with Crippen LogP contribution in [-0.2, 0) is 16.5 Å². The van der Waals surface area contributed by atoms with Gasteiger partial charge >= 0.3 is 0 Å². The third-order valence-electron chi connectivity index (χ3n) is 1.91. The van der Waals surface area contributed by atoms with Crippen LogP contribution in [0.2, 0.25) is 0 Å². The van der Waals surface area contributed by atoms with Gasteiger partial charge < -0.3 is 4.55 Å². The summed E-state index contributed by atoms with van der Waals surface area (Å²) < 4.78 is 21.1. The summed E-state index contributed by atoms with van der Waals surface area (Å²) in [5, 5.41) is 0. The van der Waals surface area contributed by atoms with E-state index in [0.717, 1.165) is 5.56 Å². The van der Waals surface area contributed by atoms with E-state index in [0.29, 0.717) is 4.90 Å². The second kappa shape index (κ2) is 3.60. The lowest BCUT2D eigenvalue weighted by Crippen LogP contribution is -2.10. The second-order valence-electron chi connectivity index (χ2n) is 4.01. The molecular weight excluding hydrogens is 184 g/mol. The lowest BCUT2D eigenvalue weighted by molar-refractivity contribution is 0.536. The number of benzene rings is 1. The van der Waals surface area contributed by atoms with Crippen LogP contribution in [-0.4, -0.2) is 8.76 Å². The molecule has 0 N–H and O–H groups in total. The maximum atomic E-state index is 10.6. The highest BCUT2D eigenvalue weighted by atomic mass is 32.2. The zero-order valence-corrected chi connectivity index (χ0v) is 8.85. The first-order valence-corrected chi connectivity index (χ1v) is 5.18. The lowest BCUT2D eigenvalue weighted by Gasteiger charge is -2.19. The smallest absolute Gasteiger partial charge is 0.0248 e. The molecule has 72 valence electrons. The lowest BCUT2D eigenvalue weighted by atomic mass is 9.87. The SMILES string of the molecule is CC(C)(C)c1ccc(S(=O)[O-])cc1. The summed E-state index contributed by atoms with van der Waals surface area (Å²) in [6.45, 7) is 6.28. The fourth-order valence-corrected chi connectivity index (χ4v) is 1.42. The van der Waals surface area contributed by atoms with Crippen molar-refractivity contribution in [2.45, 2.75) is 31.1 Å². The quantitative estimate of drug-likeness (QED) is 0.648. The van der Waals surface area contributed by atoms with Crippen LogP contribution < -0.4 is 0 Å². The van der Waals surface area contributed by atoms with Gasteiger partial charge in [0.25, 0.3) is 0 Å². The highest BCUT2D eigenvalue weighted by Gasteiger charge is 2.12. The molecule has 0 saturated carbocycles. The molecule has 0 spiro atoms. The molecule has 0 aliphatic carbocycles. The predicted octanol–water partition coefficient (Wildman–Crippen LogP) is 2.22. The minimum atomic E-state index is -2.11. The molecule has 0 saturated heterocycles. The van der Waals surface area contributed by atoms with E-state index in [1.807, 2.05) is 12.1 Å². The summed E-state index contributed by atoms with van der Waals surface area (Å²) in [6.07, 6.45) is 0. The summed E-state index contributed by atoms with van der Waals surface area (Å²) in [6, 6.07) is 6.96. The van der Waals surface area contributed by atoms with Crippen LogP contribution in [0.25, 0.3) is 0 Å². The average Bonchev–Trinajstić information content (AvgIpc) is 2.03. The van der Waals surface area contributed by atoms with E-state index in [1.165, 1.54) is 0 Å². The summed E-state index contributed by atoms with van der Waals surface area (Å²) in [7, 11) is 0. The van der Waals surface area contributed by atoms with Gasteiger partial charge in [-0.15, -0.1) is 0 Å². The van der Waals surface area contributed by atoms with E-state index in [2.05, 4.69) is 20.8 Å². The molecule has 0 aliphatic rings. The molecule has 1 aromatic rings. The van der Waals surface area contributed by atoms with Gasteiger partial charge in [-0.3, -0.25) is 4.21 Å². The fourth-order valence-electron chi connectivity index (χ4n) is 1.07. The van der Waals surface area contributed by atoms with Crippen molar-refractivity contribution in [1.82, 2.24) is 0 Å². The van der Waals surface area contributed by atoms with Gasteiger partial charge in [0.05, 0.1) is 0 Å². The summed E-state index contributed by atoms with van der Waals surface area (Å²) in [4.78, 5) is 0.341. The van der Waals surface area contributed by atoms with Crippen LogP contribution in [0.4, 0.5) is 0 Å². The van der Waals surface area contributed by atoms with Crippen LogP contribution in [0.1, 0.15) is 26.3 Å². The normalized spacial score (nSPS) is 14.2.